The molecule has 0 bridgehead atoms. The van der Waals surface area contributed by atoms with Crippen molar-refractivity contribution in [2.45, 2.75) is 13.5 Å². The predicted molar refractivity (Wildman–Crippen MR) is 141 cm³/mol. The van der Waals surface area contributed by atoms with Crippen molar-refractivity contribution in [1.29, 1.82) is 5.26 Å². The Hall–Kier alpha value is -3.84. The summed E-state index contributed by atoms with van der Waals surface area (Å²) in [7, 11) is 1.53. The number of nitrogens with zero attached hydrogens (tertiary/aromatic N) is 1. The molecule has 8 heteroatoms. The molecule has 0 spiro atoms. The summed E-state index contributed by atoms with van der Waals surface area (Å²) in [6, 6.07) is 21.5. The van der Waals surface area contributed by atoms with E-state index in [1.807, 2.05) is 42.5 Å². The summed E-state index contributed by atoms with van der Waals surface area (Å²) in [5, 5.41) is 12.2. The van der Waals surface area contributed by atoms with Crippen LogP contribution in [0.25, 0.3) is 6.08 Å². The summed E-state index contributed by atoms with van der Waals surface area (Å²) in [5.41, 5.74) is 2.36. The quantitative estimate of drug-likeness (QED) is 0.153. The number of esters is 1. The molecule has 0 radical (unpaired) electrons. The van der Waals surface area contributed by atoms with Crippen LogP contribution in [0.4, 0.5) is 5.69 Å². The van der Waals surface area contributed by atoms with Gasteiger partial charge in [0.15, 0.2) is 11.5 Å². The Morgan fingerprint density at radius 2 is 1.80 bits per heavy atom. The second kappa shape index (κ2) is 12.6. The van der Waals surface area contributed by atoms with E-state index >= 15 is 0 Å². The van der Waals surface area contributed by atoms with E-state index in [1.54, 1.807) is 37.3 Å². The third-order valence-corrected chi connectivity index (χ3v) is 5.61. The Labute approximate surface area is 217 Å². The van der Waals surface area contributed by atoms with E-state index in [2.05, 4.69) is 27.9 Å². The van der Waals surface area contributed by atoms with Crippen LogP contribution in [-0.4, -0.2) is 25.6 Å². The van der Waals surface area contributed by atoms with E-state index in [0.717, 1.165) is 9.13 Å². The number of rotatable bonds is 9. The van der Waals surface area contributed by atoms with Gasteiger partial charge in [0, 0.05) is 5.69 Å². The number of amides is 1. The molecule has 0 atom stereocenters. The lowest BCUT2D eigenvalue weighted by atomic mass is 10.1. The molecule has 1 amide bonds. The van der Waals surface area contributed by atoms with Gasteiger partial charge >= 0.3 is 5.97 Å². The number of carbonyl (C=O) groups excluding carboxylic acids is 2. The first-order valence-corrected chi connectivity index (χ1v) is 11.8. The van der Waals surface area contributed by atoms with Gasteiger partial charge in [0.05, 0.1) is 22.9 Å². The van der Waals surface area contributed by atoms with Crippen LogP contribution in [0.1, 0.15) is 28.4 Å². The minimum atomic E-state index is -0.574. The van der Waals surface area contributed by atoms with Crippen LogP contribution in [0.3, 0.4) is 0 Å². The van der Waals surface area contributed by atoms with Crippen molar-refractivity contribution < 1.29 is 23.8 Å². The molecule has 3 rings (SSSR count). The SMILES string of the molecule is CCOC(=O)c1ccc(NC(=O)/C(C#N)=C/c2cc(I)c(OCc3ccccc3)c(OC)c2)cc1. The normalized spacial score (nSPS) is 10.7. The van der Waals surface area contributed by atoms with Gasteiger partial charge < -0.3 is 19.5 Å². The van der Waals surface area contributed by atoms with Gasteiger partial charge in [-0.1, -0.05) is 30.3 Å². The van der Waals surface area contributed by atoms with Gasteiger partial charge in [-0.05, 0) is 83.1 Å². The number of carbonyl (C=O) groups is 2. The van der Waals surface area contributed by atoms with Crippen LogP contribution < -0.4 is 14.8 Å². The zero-order valence-corrected chi connectivity index (χ0v) is 21.4. The standard InChI is InChI=1S/C27H23IN2O5/c1-3-34-27(32)20-9-11-22(12-10-20)30-26(31)21(16-29)13-19-14-23(28)25(24(15-19)33-2)35-17-18-7-5-4-6-8-18/h4-15H,3,17H2,1-2H3,(H,30,31)/b21-13+. The molecule has 0 aliphatic carbocycles. The molecule has 0 aliphatic rings. The van der Waals surface area contributed by atoms with E-state index in [9.17, 15) is 14.9 Å². The maximum absolute atomic E-state index is 12.7. The van der Waals surface area contributed by atoms with E-state index in [0.29, 0.717) is 34.9 Å². The van der Waals surface area contributed by atoms with Crippen molar-refractivity contribution in [2.24, 2.45) is 0 Å². The number of hydrogen-bond acceptors (Lipinski definition) is 6. The van der Waals surface area contributed by atoms with Crippen LogP contribution in [0.2, 0.25) is 0 Å². The molecular weight excluding hydrogens is 559 g/mol. The van der Waals surface area contributed by atoms with Crippen LogP contribution in [0, 0.1) is 14.9 Å². The number of nitriles is 1. The van der Waals surface area contributed by atoms with Crippen molar-refractivity contribution >= 4 is 46.2 Å². The van der Waals surface area contributed by atoms with Gasteiger partial charge in [0.1, 0.15) is 18.2 Å². The molecule has 0 aliphatic heterocycles. The van der Waals surface area contributed by atoms with Crippen molar-refractivity contribution in [2.75, 3.05) is 19.0 Å². The number of methoxy groups -OCH3 is 1. The lowest BCUT2D eigenvalue weighted by molar-refractivity contribution is -0.112. The molecule has 0 saturated carbocycles. The Morgan fingerprint density at radius 3 is 2.43 bits per heavy atom. The van der Waals surface area contributed by atoms with Gasteiger partial charge in [-0.2, -0.15) is 5.26 Å². The summed E-state index contributed by atoms with van der Waals surface area (Å²) in [6.07, 6.45) is 1.48. The summed E-state index contributed by atoms with van der Waals surface area (Å²) in [5.74, 6) is 0.0579. The largest absolute Gasteiger partial charge is 0.493 e. The fraction of sp³-hybridized carbons (Fsp3) is 0.148. The molecule has 35 heavy (non-hydrogen) atoms. The second-order valence-corrected chi connectivity index (χ2v) is 8.39. The zero-order valence-electron chi connectivity index (χ0n) is 19.2. The molecule has 0 aromatic heterocycles. The average molecular weight is 582 g/mol. The van der Waals surface area contributed by atoms with Crippen LogP contribution in [-0.2, 0) is 16.1 Å². The van der Waals surface area contributed by atoms with E-state index in [4.69, 9.17) is 14.2 Å². The number of halogens is 1. The highest BCUT2D eigenvalue weighted by Crippen LogP contribution is 2.35. The van der Waals surface area contributed by atoms with Crippen LogP contribution in [0.5, 0.6) is 11.5 Å². The highest BCUT2D eigenvalue weighted by atomic mass is 127. The van der Waals surface area contributed by atoms with Crippen LogP contribution >= 0.6 is 22.6 Å². The van der Waals surface area contributed by atoms with Gasteiger partial charge in [-0.25, -0.2) is 4.79 Å². The molecule has 3 aromatic carbocycles. The van der Waals surface area contributed by atoms with Gasteiger partial charge in [0.25, 0.3) is 5.91 Å². The maximum atomic E-state index is 12.7. The number of ether oxygens (including phenoxy) is 3. The van der Waals surface area contributed by atoms with E-state index < -0.39 is 11.9 Å². The lowest BCUT2D eigenvalue weighted by Gasteiger charge is -2.14. The first-order valence-electron chi connectivity index (χ1n) is 10.7. The van der Waals surface area contributed by atoms with Crippen molar-refractivity contribution in [3.63, 3.8) is 0 Å². The van der Waals surface area contributed by atoms with Crippen molar-refractivity contribution in [3.05, 3.63) is 92.6 Å². The number of hydrogen-bond donors (Lipinski definition) is 1. The lowest BCUT2D eigenvalue weighted by Crippen LogP contribution is -2.13. The maximum Gasteiger partial charge on any atom is 0.338 e. The minimum Gasteiger partial charge on any atom is -0.493 e. The zero-order chi connectivity index (χ0) is 25.2. The smallest absolute Gasteiger partial charge is 0.338 e. The third kappa shape index (κ3) is 7.07. The summed E-state index contributed by atoms with van der Waals surface area (Å²) >= 11 is 2.13. The topological polar surface area (TPSA) is 97.7 Å². The first kappa shape index (κ1) is 25.8. The van der Waals surface area contributed by atoms with Crippen molar-refractivity contribution in [3.8, 4) is 17.6 Å². The summed E-state index contributed by atoms with van der Waals surface area (Å²) in [6.45, 7) is 2.38. The van der Waals surface area contributed by atoms with Gasteiger partial charge in [0.2, 0.25) is 0 Å². The highest BCUT2D eigenvalue weighted by molar-refractivity contribution is 14.1. The van der Waals surface area contributed by atoms with Gasteiger partial charge in [-0.15, -0.1) is 0 Å². The number of anilines is 1. The Kier molecular flexibility index (Phi) is 9.26. The molecule has 0 fully saturated rings. The molecule has 178 valence electrons. The van der Waals surface area contributed by atoms with Gasteiger partial charge in [-0.3, -0.25) is 4.79 Å². The fourth-order valence-corrected chi connectivity index (χ4v) is 3.89. The molecular formula is C27H23IN2O5. The predicted octanol–water partition coefficient (Wildman–Crippen LogP) is 5.60. The monoisotopic (exact) mass is 582 g/mol. The Morgan fingerprint density at radius 1 is 1.09 bits per heavy atom. The molecule has 0 heterocycles. The van der Waals surface area contributed by atoms with Crippen LogP contribution in [0.15, 0.2) is 72.3 Å². The summed E-state index contributed by atoms with van der Waals surface area (Å²) < 4.78 is 17.2. The average Bonchev–Trinajstić information content (AvgIpc) is 2.87. The fourth-order valence-electron chi connectivity index (χ4n) is 3.11. The molecule has 0 unspecified atom stereocenters. The summed E-state index contributed by atoms with van der Waals surface area (Å²) in [4.78, 5) is 24.5. The van der Waals surface area contributed by atoms with E-state index in [1.165, 1.54) is 13.2 Å². The third-order valence-electron chi connectivity index (χ3n) is 4.81. The molecule has 1 N–H and O–H groups in total. The molecule has 3 aromatic rings. The second-order valence-electron chi connectivity index (χ2n) is 7.23. The molecule has 7 nitrogen and oxygen atoms in total. The Bertz CT molecular complexity index is 1270. The first-order chi connectivity index (χ1) is 16.9. The van der Waals surface area contributed by atoms with E-state index in [-0.39, 0.29) is 12.2 Å². The highest BCUT2D eigenvalue weighted by Gasteiger charge is 2.15. The molecule has 0 saturated heterocycles. The Balaban J connectivity index is 1.76. The number of nitrogens with one attached hydrogen (secondary N) is 1. The minimum absolute atomic E-state index is 0.0877. The van der Waals surface area contributed by atoms with Crippen molar-refractivity contribution in [1.82, 2.24) is 0 Å². The number of benzene rings is 3.